The standard InChI is InChI=1S/C72H134O6/c1-4-7-10-13-16-19-22-25-27-29-31-33-34-35-36-37-38-40-41-43-45-47-50-53-56-59-62-65-71(74)77-68-69(67-76-70(73)64-61-58-55-52-49-24-21-18-15-12-9-6-3)78-72(75)66-63-60-57-54-51-48-46-44-42-39-32-30-28-26-23-20-17-14-11-8-5-2/h23,26,30,32,42,44,69H,4-22,24-25,27-29,31,33-41,43,45-68H2,1-3H3/b26-23-,32-30-,44-42-. The molecule has 6 nitrogen and oxygen atoms in total. The lowest BCUT2D eigenvalue weighted by molar-refractivity contribution is -0.167. The summed E-state index contributed by atoms with van der Waals surface area (Å²) in [5, 5.41) is 0. The molecule has 0 bridgehead atoms. The van der Waals surface area contributed by atoms with Gasteiger partial charge in [-0.05, 0) is 57.8 Å². The van der Waals surface area contributed by atoms with E-state index in [-0.39, 0.29) is 31.1 Å². The first-order valence-electron chi connectivity index (χ1n) is 35.0. The Morgan fingerprint density at radius 2 is 0.462 bits per heavy atom. The van der Waals surface area contributed by atoms with E-state index in [2.05, 4.69) is 57.2 Å². The zero-order valence-corrected chi connectivity index (χ0v) is 52.7. The van der Waals surface area contributed by atoms with E-state index >= 15 is 0 Å². The van der Waals surface area contributed by atoms with Gasteiger partial charge < -0.3 is 14.2 Å². The molecule has 458 valence electrons. The highest BCUT2D eigenvalue weighted by Crippen LogP contribution is 2.18. The van der Waals surface area contributed by atoms with Crippen molar-refractivity contribution < 1.29 is 28.6 Å². The third-order valence-electron chi connectivity index (χ3n) is 15.9. The van der Waals surface area contributed by atoms with E-state index in [0.717, 1.165) is 77.0 Å². The molecule has 0 rings (SSSR count). The lowest BCUT2D eigenvalue weighted by Gasteiger charge is -2.18. The van der Waals surface area contributed by atoms with Gasteiger partial charge in [-0.3, -0.25) is 14.4 Å². The number of rotatable bonds is 65. The molecular weight excluding hydrogens is 961 g/mol. The van der Waals surface area contributed by atoms with Crippen LogP contribution < -0.4 is 0 Å². The van der Waals surface area contributed by atoms with Gasteiger partial charge in [-0.1, -0.05) is 346 Å². The fourth-order valence-electron chi connectivity index (χ4n) is 10.6. The van der Waals surface area contributed by atoms with Crippen molar-refractivity contribution in [3.8, 4) is 0 Å². The minimum Gasteiger partial charge on any atom is -0.462 e. The first-order chi connectivity index (χ1) is 38.5. The largest absolute Gasteiger partial charge is 0.462 e. The third kappa shape index (κ3) is 64.5. The van der Waals surface area contributed by atoms with Gasteiger partial charge in [0.05, 0.1) is 0 Å². The van der Waals surface area contributed by atoms with Crippen molar-refractivity contribution in [2.75, 3.05) is 13.2 Å². The average molecular weight is 1100 g/mol. The molecule has 0 saturated carbocycles. The van der Waals surface area contributed by atoms with E-state index in [9.17, 15) is 14.4 Å². The summed E-state index contributed by atoms with van der Waals surface area (Å²) in [5.74, 6) is -0.857. The van der Waals surface area contributed by atoms with Crippen LogP contribution >= 0.6 is 0 Å². The van der Waals surface area contributed by atoms with Crippen molar-refractivity contribution >= 4 is 17.9 Å². The Morgan fingerprint density at radius 1 is 0.256 bits per heavy atom. The maximum absolute atomic E-state index is 12.9. The van der Waals surface area contributed by atoms with Crippen LogP contribution in [0.15, 0.2) is 36.5 Å². The number of esters is 3. The molecule has 0 aromatic heterocycles. The minimum atomic E-state index is -0.776. The van der Waals surface area contributed by atoms with Crippen molar-refractivity contribution in [2.45, 2.75) is 393 Å². The Bertz CT molecular complexity index is 1300. The van der Waals surface area contributed by atoms with E-state index in [1.54, 1.807) is 0 Å². The van der Waals surface area contributed by atoms with Gasteiger partial charge >= 0.3 is 17.9 Å². The quantitative estimate of drug-likeness (QED) is 0.0261. The molecule has 0 aromatic rings. The summed E-state index contributed by atoms with van der Waals surface area (Å²) in [4.78, 5) is 38.4. The second kappa shape index (κ2) is 67.1. The van der Waals surface area contributed by atoms with Gasteiger partial charge in [0.15, 0.2) is 6.10 Å². The Labute approximate surface area is 486 Å². The van der Waals surface area contributed by atoms with Gasteiger partial charge in [-0.2, -0.15) is 0 Å². The van der Waals surface area contributed by atoms with Gasteiger partial charge in [0, 0.05) is 19.3 Å². The van der Waals surface area contributed by atoms with Crippen LogP contribution in [0.3, 0.4) is 0 Å². The number of hydrogen-bond acceptors (Lipinski definition) is 6. The first-order valence-corrected chi connectivity index (χ1v) is 35.0. The highest BCUT2D eigenvalue weighted by Gasteiger charge is 2.19. The lowest BCUT2D eigenvalue weighted by atomic mass is 10.0. The third-order valence-corrected chi connectivity index (χ3v) is 15.9. The summed E-state index contributed by atoms with van der Waals surface area (Å²) >= 11 is 0. The number of ether oxygens (including phenoxy) is 3. The van der Waals surface area contributed by atoms with E-state index < -0.39 is 6.10 Å². The Balaban J connectivity index is 4.21. The number of hydrogen-bond donors (Lipinski definition) is 0. The second-order valence-corrected chi connectivity index (χ2v) is 23.8. The highest BCUT2D eigenvalue weighted by atomic mass is 16.6. The summed E-state index contributed by atoms with van der Waals surface area (Å²) in [6, 6.07) is 0. The summed E-state index contributed by atoms with van der Waals surface area (Å²) in [5.41, 5.74) is 0. The molecule has 1 unspecified atom stereocenters. The maximum Gasteiger partial charge on any atom is 0.306 e. The van der Waals surface area contributed by atoms with E-state index in [4.69, 9.17) is 14.2 Å². The first kappa shape index (κ1) is 75.6. The van der Waals surface area contributed by atoms with Crippen molar-refractivity contribution in [1.82, 2.24) is 0 Å². The molecule has 0 aliphatic rings. The van der Waals surface area contributed by atoms with Gasteiger partial charge in [-0.25, -0.2) is 0 Å². The SMILES string of the molecule is CCCCCCC/C=C\C/C=C\C/C=C\CCCCCCCCC(=O)OC(COC(=O)CCCCCCCCCCCCCC)COC(=O)CCCCCCCCCCCCCCCCCCCCCCCCCCCCC. The zero-order valence-electron chi connectivity index (χ0n) is 52.7. The van der Waals surface area contributed by atoms with Crippen LogP contribution in [0.25, 0.3) is 0 Å². The highest BCUT2D eigenvalue weighted by molar-refractivity contribution is 5.71. The molecule has 0 N–H and O–H groups in total. The Morgan fingerprint density at radius 3 is 0.718 bits per heavy atom. The van der Waals surface area contributed by atoms with Crippen molar-refractivity contribution in [3.05, 3.63) is 36.5 Å². The fourth-order valence-corrected chi connectivity index (χ4v) is 10.6. The molecule has 0 saturated heterocycles. The lowest BCUT2D eigenvalue weighted by Crippen LogP contribution is -2.30. The predicted molar refractivity (Wildman–Crippen MR) is 339 cm³/mol. The average Bonchev–Trinajstić information content (AvgIpc) is 3.44. The molecule has 0 amide bonds. The van der Waals surface area contributed by atoms with Crippen molar-refractivity contribution in [3.63, 3.8) is 0 Å². The minimum absolute atomic E-state index is 0.0721. The predicted octanol–water partition coefficient (Wildman–Crippen LogP) is 23.9. The molecule has 0 aliphatic heterocycles. The monoisotopic (exact) mass is 1100 g/mol. The Hall–Kier alpha value is -2.37. The number of carbonyl (C=O) groups is 3. The van der Waals surface area contributed by atoms with Crippen LogP contribution in [0.2, 0.25) is 0 Å². The van der Waals surface area contributed by atoms with Crippen LogP contribution in [0.5, 0.6) is 0 Å². The van der Waals surface area contributed by atoms with Crippen LogP contribution in [0, 0.1) is 0 Å². The topological polar surface area (TPSA) is 78.9 Å². The molecule has 0 aromatic carbocycles. The molecule has 0 radical (unpaired) electrons. The van der Waals surface area contributed by atoms with Crippen LogP contribution in [0.1, 0.15) is 387 Å². The van der Waals surface area contributed by atoms with Crippen LogP contribution in [-0.2, 0) is 28.6 Å². The van der Waals surface area contributed by atoms with Crippen LogP contribution in [-0.4, -0.2) is 37.2 Å². The maximum atomic E-state index is 12.9. The molecular formula is C72H134O6. The number of allylic oxidation sites excluding steroid dienone is 6. The van der Waals surface area contributed by atoms with Crippen molar-refractivity contribution in [2.24, 2.45) is 0 Å². The summed E-state index contributed by atoms with van der Waals surface area (Å²) in [6.07, 6.45) is 83.2. The molecule has 0 fully saturated rings. The molecule has 6 heteroatoms. The fraction of sp³-hybridized carbons (Fsp3) is 0.875. The molecule has 0 aliphatic carbocycles. The zero-order chi connectivity index (χ0) is 56.4. The van der Waals surface area contributed by atoms with Gasteiger partial charge in [0.2, 0.25) is 0 Å². The molecule has 0 heterocycles. The van der Waals surface area contributed by atoms with E-state index in [1.165, 1.54) is 270 Å². The van der Waals surface area contributed by atoms with Gasteiger partial charge in [-0.15, -0.1) is 0 Å². The summed E-state index contributed by atoms with van der Waals surface area (Å²) in [7, 11) is 0. The number of unbranched alkanes of at least 4 members (excludes halogenated alkanes) is 48. The van der Waals surface area contributed by atoms with Gasteiger partial charge in [0.1, 0.15) is 13.2 Å². The van der Waals surface area contributed by atoms with E-state index in [1.807, 2.05) is 0 Å². The number of carbonyl (C=O) groups excluding carboxylic acids is 3. The molecule has 1 atom stereocenters. The molecule has 0 spiro atoms. The summed E-state index contributed by atoms with van der Waals surface area (Å²) < 4.78 is 17.0. The normalized spacial score (nSPS) is 12.2. The van der Waals surface area contributed by atoms with E-state index in [0.29, 0.717) is 19.3 Å². The molecule has 78 heavy (non-hydrogen) atoms. The van der Waals surface area contributed by atoms with Gasteiger partial charge in [0.25, 0.3) is 0 Å². The summed E-state index contributed by atoms with van der Waals surface area (Å²) in [6.45, 7) is 6.69. The van der Waals surface area contributed by atoms with Crippen LogP contribution in [0.4, 0.5) is 0 Å². The second-order valence-electron chi connectivity index (χ2n) is 23.8. The smallest absolute Gasteiger partial charge is 0.306 e. The van der Waals surface area contributed by atoms with Crippen molar-refractivity contribution in [1.29, 1.82) is 0 Å². The Kier molecular flexibility index (Phi) is 65.1.